The van der Waals surface area contributed by atoms with Crippen LogP contribution in [-0.4, -0.2) is 18.0 Å². The van der Waals surface area contributed by atoms with Crippen molar-refractivity contribution in [3.63, 3.8) is 0 Å². The Morgan fingerprint density at radius 1 is 0.190 bits per heavy atom. The Kier molecular flexibility index (Phi) is 13.5. The summed E-state index contributed by atoms with van der Waals surface area (Å²) in [6, 6.07) is 119. The van der Waals surface area contributed by atoms with E-state index in [1.165, 1.54) is 70.8 Å². The molecule has 1 heterocycles. The normalized spacial score (nSPS) is 11.3. The second-order valence-electron chi connectivity index (χ2n) is 20.0. The lowest BCUT2D eigenvalue weighted by molar-refractivity contribution is 1.18. The van der Waals surface area contributed by atoms with Crippen LogP contribution in [0.15, 0.2) is 328 Å². The molecule has 0 aliphatic rings. The Morgan fingerprint density at radius 2 is 0.494 bits per heavy atom. The van der Waals surface area contributed by atoms with Crippen molar-refractivity contribution in [2.45, 2.75) is 0 Å². The molecule has 0 amide bonds. The average molecular weight is 1020 g/mol. The number of benzene rings is 12. The monoisotopic (exact) mass is 1020 g/mol. The van der Waals surface area contributed by atoms with Crippen LogP contribution in [0.1, 0.15) is 0 Å². The van der Waals surface area contributed by atoms with E-state index in [0.717, 1.165) is 44.8 Å². The molecule has 2 nitrogen and oxygen atoms in total. The first-order chi connectivity index (χ1) is 39.2. The van der Waals surface area contributed by atoms with Gasteiger partial charge in [-0.05, 0) is 106 Å². The fourth-order valence-corrected chi connectivity index (χ4v) is 16.2. The van der Waals surface area contributed by atoms with Crippen LogP contribution in [0.3, 0.4) is 0 Å². The molecule has 0 atom stereocenters. The van der Waals surface area contributed by atoms with Crippen molar-refractivity contribution >= 4 is 28.8 Å². The quantitative estimate of drug-likeness (QED) is 0.0850. The number of rotatable bonds is 13. The zero-order chi connectivity index (χ0) is 52.8. The van der Waals surface area contributed by atoms with Gasteiger partial charge in [0, 0.05) is 16.7 Å². The third-order valence-electron chi connectivity index (χ3n) is 15.3. The van der Waals surface area contributed by atoms with Gasteiger partial charge in [0.2, 0.25) is 0 Å². The van der Waals surface area contributed by atoms with Gasteiger partial charge in [0.25, 0.3) is 0 Å². The second kappa shape index (κ2) is 21.9. The fraction of sp³-hybridized carbons (Fsp3) is 0. The molecule has 0 radical (unpaired) electrons. The van der Waals surface area contributed by atoms with Gasteiger partial charge in [-0.15, -0.1) is 0 Å². The van der Waals surface area contributed by atoms with Gasteiger partial charge in [0.05, 0.1) is 11.4 Å². The highest BCUT2D eigenvalue weighted by atomic mass is 28.3. The molecule has 0 N–H and O–H groups in total. The van der Waals surface area contributed by atoms with Gasteiger partial charge in [0.15, 0.2) is 13.9 Å². The average Bonchev–Trinajstić information content (AvgIpc) is 3.73. The topological polar surface area (TPSA) is 25.8 Å². The predicted octanol–water partition coefficient (Wildman–Crippen LogP) is 16.9. The summed E-state index contributed by atoms with van der Waals surface area (Å²) in [5.74, 6) is 0.698. The molecule has 3 heteroatoms. The zero-order valence-corrected chi connectivity index (χ0v) is 44.6. The van der Waals surface area contributed by atoms with Crippen LogP contribution in [0.2, 0.25) is 0 Å². The van der Waals surface area contributed by atoms with Crippen LogP contribution in [0, 0.1) is 0 Å². The number of nitrogens with zero attached hydrogens (tertiary/aromatic N) is 2. The molecule has 1 aromatic heterocycles. The summed E-state index contributed by atoms with van der Waals surface area (Å²) in [4.78, 5) is 10.3. The molecular weight excluding hydrogens is 969 g/mol. The maximum Gasteiger partial charge on any atom is 0.179 e. The number of hydrogen-bond donors (Lipinski definition) is 0. The van der Waals surface area contributed by atoms with Crippen LogP contribution < -0.4 is 20.7 Å². The van der Waals surface area contributed by atoms with E-state index in [1.54, 1.807) is 0 Å². The molecule has 0 saturated heterocycles. The van der Waals surface area contributed by atoms with Crippen molar-refractivity contribution in [3.05, 3.63) is 328 Å². The van der Waals surface area contributed by atoms with E-state index < -0.39 is 8.07 Å². The summed E-state index contributed by atoms with van der Waals surface area (Å²) in [6.45, 7) is 0. The van der Waals surface area contributed by atoms with Gasteiger partial charge >= 0.3 is 0 Å². The maximum absolute atomic E-state index is 5.15. The molecule has 0 spiro atoms. The Labute approximate surface area is 464 Å². The Balaban J connectivity index is 0.907. The summed E-state index contributed by atoms with van der Waals surface area (Å²) in [5, 5.41) is 5.38. The lowest BCUT2D eigenvalue weighted by atomic mass is 9.84. The first kappa shape index (κ1) is 48.6. The van der Waals surface area contributed by atoms with E-state index in [9.17, 15) is 0 Å². The molecule has 79 heavy (non-hydrogen) atoms. The molecule has 13 aromatic rings. The summed E-state index contributed by atoms with van der Waals surface area (Å²) >= 11 is 0. The van der Waals surface area contributed by atoms with Gasteiger partial charge in [-0.25, -0.2) is 9.97 Å². The molecule has 372 valence electrons. The summed E-state index contributed by atoms with van der Waals surface area (Å²) in [7, 11) is -2.83. The van der Waals surface area contributed by atoms with Crippen LogP contribution >= 0.6 is 0 Å². The molecule has 0 aliphatic heterocycles. The Bertz CT molecular complexity index is 4060. The van der Waals surface area contributed by atoms with E-state index >= 15 is 0 Å². The smallest absolute Gasteiger partial charge is 0.179 e. The lowest BCUT2D eigenvalue weighted by Gasteiger charge is -2.34. The van der Waals surface area contributed by atoms with E-state index in [0.29, 0.717) is 5.82 Å². The first-order valence-electron chi connectivity index (χ1n) is 27.0. The van der Waals surface area contributed by atoms with E-state index in [-0.39, 0.29) is 0 Å². The Morgan fingerprint density at radius 3 is 0.924 bits per heavy atom. The molecule has 0 saturated carbocycles. The van der Waals surface area contributed by atoms with Crippen LogP contribution in [-0.2, 0) is 0 Å². The van der Waals surface area contributed by atoms with Crippen molar-refractivity contribution in [1.82, 2.24) is 9.97 Å². The first-order valence-corrected chi connectivity index (χ1v) is 29.0. The van der Waals surface area contributed by atoms with Crippen LogP contribution in [0.4, 0.5) is 0 Å². The highest BCUT2D eigenvalue weighted by Gasteiger charge is 2.41. The standard InChI is InChI=1S/C76H54N2Si/c1-8-23-55(24-9-1)57-41-47-61(48-42-57)73-54-74(78-76(77-73)64-29-14-4-15-30-64)62-49-43-59(44-50-62)58-39-45-60(46-40-58)71-52-66(56-25-10-2-11-26-56)53-72(75(71)63-27-12-3-13-28-63)65-31-22-38-70(51-65)79(67-32-16-5-17-33-67,68-34-18-6-19-35-68)69-36-20-7-21-37-69/h1-54H. The Hall–Kier alpha value is -10.1. The van der Waals surface area contributed by atoms with Gasteiger partial charge in [-0.1, -0.05) is 309 Å². The van der Waals surface area contributed by atoms with Gasteiger partial charge in [-0.2, -0.15) is 0 Å². The minimum absolute atomic E-state index is 0.698. The van der Waals surface area contributed by atoms with Crippen molar-refractivity contribution < 1.29 is 0 Å². The summed E-state index contributed by atoms with van der Waals surface area (Å²) < 4.78 is 0. The van der Waals surface area contributed by atoms with Crippen molar-refractivity contribution in [2.24, 2.45) is 0 Å². The van der Waals surface area contributed by atoms with Crippen molar-refractivity contribution in [1.29, 1.82) is 0 Å². The molecule has 12 aromatic carbocycles. The molecule has 0 fully saturated rings. The van der Waals surface area contributed by atoms with Crippen LogP contribution in [0.25, 0.3) is 101 Å². The third-order valence-corrected chi connectivity index (χ3v) is 20.1. The molecule has 0 aliphatic carbocycles. The second-order valence-corrected chi connectivity index (χ2v) is 23.8. The number of aromatic nitrogens is 2. The highest BCUT2D eigenvalue weighted by molar-refractivity contribution is 7.19. The predicted molar refractivity (Wildman–Crippen MR) is 335 cm³/mol. The van der Waals surface area contributed by atoms with Gasteiger partial charge in [-0.3, -0.25) is 0 Å². The van der Waals surface area contributed by atoms with Crippen LogP contribution in [0.5, 0.6) is 0 Å². The minimum Gasteiger partial charge on any atom is -0.228 e. The molecule has 0 unspecified atom stereocenters. The number of hydrogen-bond acceptors (Lipinski definition) is 2. The molecular formula is C76H54N2Si. The maximum atomic E-state index is 5.15. The van der Waals surface area contributed by atoms with Gasteiger partial charge in [0.1, 0.15) is 0 Å². The van der Waals surface area contributed by atoms with E-state index in [2.05, 4.69) is 303 Å². The summed E-state index contributed by atoms with van der Waals surface area (Å²) in [5.41, 5.74) is 18.8. The van der Waals surface area contributed by atoms with E-state index in [4.69, 9.17) is 9.97 Å². The molecule has 0 bridgehead atoms. The lowest BCUT2D eigenvalue weighted by Crippen LogP contribution is -2.74. The van der Waals surface area contributed by atoms with Gasteiger partial charge < -0.3 is 0 Å². The minimum atomic E-state index is -2.83. The SMILES string of the molecule is c1ccc(-c2ccc(-c3cc(-c4ccc(-c5ccc(-c6cc(-c7ccccc7)cc(-c7cccc([Si](c8ccccc8)(c8ccccc8)c8ccccc8)c7)c6-c6ccccc6)cc5)cc4)nc(-c4ccccc4)n3)cc2)cc1. The molecule has 13 rings (SSSR count). The third kappa shape index (κ3) is 9.76. The van der Waals surface area contributed by atoms with Crippen molar-refractivity contribution in [3.8, 4) is 101 Å². The highest BCUT2D eigenvalue weighted by Crippen LogP contribution is 2.44. The van der Waals surface area contributed by atoms with Crippen molar-refractivity contribution in [2.75, 3.05) is 0 Å². The summed E-state index contributed by atoms with van der Waals surface area (Å²) in [6.07, 6.45) is 0. The largest absolute Gasteiger partial charge is 0.228 e. The fourth-order valence-electron chi connectivity index (χ4n) is 11.4. The van der Waals surface area contributed by atoms with E-state index in [1.807, 2.05) is 24.3 Å². The zero-order valence-electron chi connectivity index (χ0n) is 43.6.